The zero-order valence-electron chi connectivity index (χ0n) is 10.9. The fraction of sp³-hybridized carbons (Fsp3) is 0.769. The van der Waals surface area contributed by atoms with E-state index >= 15 is 0 Å². The molecule has 1 aromatic heterocycles. The summed E-state index contributed by atoms with van der Waals surface area (Å²) in [5.74, 6) is 0. The highest BCUT2D eigenvalue weighted by Crippen LogP contribution is 2.25. The molecule has 0 spiro atoms. The summed E-state index contributed by atoms with van der Waals surface area (Å²) in [5, 5.41) is 6.85. The van der Waals surface area contributed by atoms with Crippen LogP contribution in [0.3, 0.4) is 0 Å². The Kier molecular flexibility index (Phi) is 3.94. The number of nitrogens with zero attached hydrogens (tertiary/aromatic N) is 2. The molecule has 1 N–H and O–H groups in total. The summed E-state index contributed by atoms with van der Waals surface area (Å²) in [6.07, 6.45) is 3.92. The summed E-state index contributed by atoms with van der Waals surface area (Å²) in [7, 11) is 2.14. The topological polar surface area (TPSA) is 37.4 Å². The van der Waals surface area contributed by atoms with Crippen molar-refractivity contribution in [3.05, 3.63) is 16.1 Å². The van der Waals surface area contributed by atoms with Crippen LogP contribution < -0.4 is 5.32 Å². The van der Waals surface area contributed by atoms with Crippen LogP contribution in [0.4, 0.5) is 0 Å². The first-order valence-electron chi connectivity index (χ1n) is 6.79. The molecule has 5 heteroatoms. The van der Waals surface area contributed by atoms with E-state index in [1.807, 2.05) is 0 Å². The van der Waals surface area contributed by atoms with E-state index in [0.717, 1.165) is 43.7 Å². The third kappa shape index (κ3) is 3.29. The summed E-state index contributed by atoms with van der Waals surface area (Å²) < 4.78 is 5.79. The Hall–Kier alpha value is -0.490. The van der Waals surface area contributed by atoms with Crippen molar-refractivity contribution in [2.75, 3.05) is 33.3 Å². The average Bonchev–Trinajstić information content (AvgIpc) is 3.06. The van der Waals surface area contributed by atoms with Gasteiger partial charge >= 0.3 is 0 Å². The molecule has 0 bridgehead atoms. The first-order chi connectivity index (χ1) is 8.81. The van der Waals surface area contributed by atoms with Crippen LogP contribution in [0.5, 0.6) is 0 Å². The number of hydrogen-bond donors (Lipinski definition) is 1. The third-order valence-corrected chi connectivity index (χ3v) is 4.49. The van der Waals surface area contributed by atoms with Crippen LogP contribution in [0.25, 0.3) is 0 Å². The molecule has 4 nitrogen and oxygen atoms in total. The van der Waals surface area contributed by atoms with E-state index in [4.69, 9.17) is 9.72 Å². The zero-order chi connectivity index (χ0) is 12.4. The molecule has 1 aliphatic heterocycles. The van der Waals surface area contributed by atoms with Crippen LogP contribution in [-0.2, 0) is 11.2 Å². The summed E-state index contributed by atoms with van der Waals surface area (Å²) in [6, 6.07) is 0.790. The normalized spacial score (nSPS) is 25.5. The van der Waals surface area contributed by atoms with Crippen LogP contribution in [0, 0.1) is 0 Å². The number of thiazole rings is 1. The minimum atomic E-state index is 0.180. The standard InChI is InChI=1S/C13H21N3OS/c1-16-6-7-17-12(8-16)13-15-11(9-18-13)4-5-14-10-2-3-10/h9-10,12,14H,2-8H2,1H3. The van der Waals surface area contributed by atoms with Crippen molar-refractivity contribution < 1.29 is 4.74 Å². The molecular weight excluding hydrogens is 246 g/mol. The van der Waals surface area contributed by atoms with Crippen molar-refractivity contribution in [3.8, 4) is 0 Å². The smallest absolute Gasteiger partial charge is 0.123 e. The molecule has 18 heavy (non-hydrogen) atoms. The van der Waals surface area contributed by atoms with Crippen LogP contribution >= 0.6 is 11.3 Å². The highest BCUT2D eigenvalue weighted by molar-refractivity contribution is 7.09. The Balaban J connectivity index is 1.51. The number of morpholine rings is 1. The molecule has 0 radical (unpaired) electrons. The molecule has 0 amide bonds. The van der Waals surface area contributed by atoms with Crippen molar-refractivity contribution >= 4 is 11.3 Å². The van der Waals surface area contributed by atoms with E-state index in [2.05, 4.69) is 22.6 Å². The summed E-state index contributed by atoms with van der Waals surface area (Å²) in [4.78, 5) is 7.02. The van der Waals surface area contributed by atoms with Crippen LogP contribution in [-0.4, -0.2) is 49.2 Å². The Bertz CT molecular complexity index is 391. The fourth-order valence-electron chi connectivity index (χ4n) is 2.20. The van der Waals surface area contributed by atoms with E-state index in [1.165, 1.54) is 18.5 Å². The van der Waals surface area contributed by atoms with Crippen molar-refractivity contribution in [1.29, 1.82) is 0 Å². The zero-order valence-corrected chi connectivity index (χ0v) is 11.7. The second-order valence-corrected chi connectivity index (χ2v) is 6.17. The van der Waals surface area contributed by atoms with Gasteiger partial charge in [-0.25, -0.2) is 4.98 Å². The molecule has 1 saturated carbocycles. The van der Waals surface area contributed by atoms with Gasteiger partial charge in [-0.15, -0.1) is 11.3 Å². The van der Waals surface area contributed by atoms with Gasteiger partial charge in [-0.1, -0.05) is 0 Å². The molecule has 3 rings (SSSR count). The van der Waals surface area contributed by atoms with Crippen LogP contribution in [0.15, 0.2) is 5.38 Å². The number of ether oxygens (including phenoxy) is 1. The molecular formula is C13H21N3OS. The first kappa shape index (κ1) is 12.5. The minimum Gasteiger partial charge on any atom is -0.368 e. The second-order valence-electron chi connectivity index (χ2n) is 5.28. The molecule has 100 valence electrons. The molecule has 1 unspecified atom stereocenters. The van der Waals surface area contributed by atoms with E-state index < -0.39 is 0 Å². The SMILES string of the molecule is CN1CCOC(c2nc(CCNC3CC3)cs2)C1. The molecule has 1 aromatic rings. The van der Waals surface area contributed by atoms with Crippen molar-refractivity contribution in [1.82, 2.24) is 15.2 Å². The van der Waals surface area contributed by atoms with Gasteiger partial charge in [-0.05, 0) is 19.9 Å². The largest absolute Gasteiger partial charge is 0.368 e. The average molecular weight is 267 g/mol. The maximum atomic E-state index is 5.79. The Morgan fingerprint density at radius 2 is 2.44 bits per heavy atom. The lowest BCUT2D eigenvalue weighted by molar-refractivity contribution is -0.0210. The minimum absolute atomic E-state index is 0.180. The maximum absolute atomic E-state index is 5.79. The van der Waals surface area contributed by atoms with Crippen molar-refractivity contribution in [2.24, 2.45) is 0 Å². The van der Waals surface area contributed by atoms with E-state index in [-0.39, 0.29) is 6.10 Å². The van der Waals surface area contributed by atoms with Gasteiger partial charge in [0.05, 0.1) is 12.3 Å². The molecule has 2 aliphatic rings. The highest BCUT2D eigenvalue weighted by atomic mass is 32.1. The summed E-state index contributed by atoms with van der Waals surface area (Å²) in [5.41, 5.74) is 1.21. The Labute approximate surface area is 112 Å². The fourth-order valence-corrected chi connectivity index (χ4v) is 3.10. The van der Waals surface area contributed by atoms with Gasteiger partial charge in [0, 0.05) is 37.5 Å². The van der Waals surface area contributed by atoms with Crippen LogP contribution in [0.1, 0.15) is 29.6 Å². The third-order valence-electron chi connectivity index (χ3n) is 3.51. The lowest BCUT2D eigenvalue weighted by Crippen LogP contribution is -2.35. The summed E-state index contributed by atoms with van der Waals surface area (Å²) >= 11 is 1.74. The van der Waals surface area contributed by atoms with Crippen molar-refractivity contribution in [3.63, 3.8) is 0 Å². The second kappa shape index (κ2) is 5.65. The van der Waals surface area contributed by atoms with Gasteiger partial charge in [0.2, 0.25) is 0 Å². The predicted octanol–water partition coefficient (Wildman–Crippen LogP) is 1.44. The molecule has 2 fully saturated rings. The van der Waals surface area contributed by atoms with Gasteiger partial charge in [-0.3, -0.25) is 0 Å². The monoisotopic (exact) mass is 267 g/mol. The van der Waals surface area contributed by atoms with Crippen molar-refractivity contribution in [2.45, 2.75) is 31.4 Å². The Morgan fingerprint density at radius 3 is 3.22 bits per heavy atom. The number of nitrogens with one attached hydrogen (secondary N) is 1. The molecule has 1 saturated heterocycles. The van der Waals surface area contributed by atoms with E-state index in [9.17, 15) is 0 Å². The maximum Gasteiger partial charge on any atom is 0.123 e. The molecule has 0 aromatic carbocycles. The van der Waals surface area contributed by atoms with Gasteiger partial charge in [0.25, 0.3) is 0 Å². The lowest BCUT2D eigenvalue weighted by atomic mass is 10.3. The summed E-state index contributed by atoms with van der Waals surface area (Å²) in [6.45, 7) is 3.87. The number of hydrogen-bond acceptors (Lipinski definition) is 5. The van der Waals surface area contributed by atoms with E-state index in [1.54, 1.807) is 11.3 Å². The highest BCUT2D eigenvalue weighted by Gasteiger charge is 2.23. The lowest BCUT2D eigenvalue weighted by Gasteiger charge is -2.28. The van der Waals surface area contributed by atoms with Gasteiger partial charge < -0.3 is 15.0 Å². The van der Waals surface area contributed by atoms with Crippen LogP contribution in [0.2, 0.25) is 0 Å². The van der Waals surface area contributed by atoms with Gasteiger partial charge in [-0.2, -0.15) is 0 Å². The predicted molar refractivity (Wildman–Crippen MR) is 73.0 cm³/mol. The van der Waals surface area contributed by atoms with Gasteiger partial charge in [0.15, 0.2) is 0 Å². The molecule has 1 atom stereocenters. The first-order valence-corrected chi connectivity index (χ1v) is 7.67. The van der Waals surface area contributed by atoms with E-state index in [0.29, 0.717) is 0 Å². The number of aromatic nitrogens is 1. The Morgan fingerprint density at radius 1 is 1.56 bits per heavy atom. The number of rotatable bonds is 5. The number of likely N-dealkylation sites (N-methyl/N-ethyl adjacent to an activating group) is 1. The van der Waals surface area contributed by atoms with Gasteiger partial charge in [0.1, 0.15) is 11.1 Å². The molecule has 1 aliphatic carbocycles. The quantitative estimate of drug-likeness (QED) is 0.876. The molecule has 2 heterocycles.